The van der Waals surface area contributed by atoms with Gasteiger partial charge < -0.3 is 16.2 Å². The monoisotopic (exact) mass is 273 g/mol. The number of nitrogens with one attached hydrogen (secondary N) is 1. The maximum absolute atomic E-state index is 11.1. The number of non-ortho nitro benzene ring substituents is 1. The quantitative estimate of drug-likeness (QED) is 0.447. The van der Waals surface area contributed by atoms with Crippen LogP contribution in [0.4, 0.5) is 22.7 Å². The number of aromatic carboxylic acids is 1. The molecule has 0 heterocycles. The number of carboxylic acid groups (broad SMARTS) is 1. The Morgan fingerprint density at radius 1 is 1.20 bits per heavy atom. The summed E-state index contributed by atoms with van der Waals surface area (Å²) in [5, 5.41) is 22.5. The number of hydrogen-bond donors (Lipinski definition) is 3. The van der Waals surface area contributed by atoms with Crippen molar-refractivity contribution in [3.05, 3.63) is 58.1 Å². The highest BCUT2D eigenvalue weighted by Crippen LogP contribution is 2.28. The fourth-order valence-corrected chi connectivity index (χ4v) is 1.70. The van der Waals surface area contributed by atoms with Crippen LogP contribution in [0.1, 0.15) is 10.4 Å². The molecular weight excluding hydrogens is 262 g/mol. The minimum atomic E-state index is -1.08. The Morgan fingerprint density at radius 2 is 1.90 bits per heavy atom. The largest absolute Gasteiger partial charge is 0.478 e. The summed E-state index contributed by atoms with van der Waals surface area (Å²) >= 11 is 0. The SMILES string of the molecule is Nc1cc([N+](=O)[O-])ccc1Nc1ccccc1C(=O)O. The Bertz CT molecular complexity index is 685. The predicted molar refractivity (Wildman–Crippen MR) is 74.2 cm³/mol. The van der Waals surface area contributed by atoms with Crippen LogP contribution < -0.4 is 11.1 Å². The van der Waals surface area contributed by atoms with Gasteiger partial charge in [0.2, 0.25) is 0 Å². The van der Waals surface area contributed by atoms with E-state index in [0.29, 0.717) is 11.4 Å². The Kier molecular flexibility index (Phi) is 3.52. The highest BCUT2D eigenvalue weighted by Gasteiger charge is 2.12. The third kappa shape index (κ3) is 2.66. The summed E-state index contributed by atoms with van der Waals surface area (Å²) in [6.45, 7) is 0. The summed E-state index contributed by atoms with van der Waals surface area (Å²) in [6.07, 6.45) is 0. The molecule has 0 radical (unpaired) electrons. The van der Waals surface area contributed by atoms with Crippen LogP contribution in [-0.2, 0) is 0 Å². The van der Waals surface area contributed by atoms with E-state index in [1.165, 1.54) is 24.3 Å². The first-order chi connectivity index (χ1) is 9.49. The maximum Gasteiger partial charge on any atom is 0.337 e. The van der Waals surface area contributed by atoms with Gasteiger partial charge in [-0.05, 0) is 18.2 Å². The fraction of sp³-hybridized carbons (Fsp3) is 0. The molecular formula is C13H11N3O4. The van der Waals surface area contributed by atoms with Crippen molar-refractivity contribution in [1.29, 1.82) is 0 Å². The number of hydrogen-bond acceptors (Lipinski definition) is 5. The summed E-state index contributed by atoms with van der Waals surface area (Å²) in [7, 11) is 0. The Hall–Kier alpha value is -3.09. The average Bonchev–Trinajstić information content (AvgIpc) is 2.41. The molecule has 0 saturated heterocycles. The molecule has 0 bridgehead atoms. The lowest BCUT2D eigenvalue weighted by molar-refractivity contribution is -0.384. The summed E-state index contributed by atoms with van der Waals surface area (Å²) in [6, 6.07) is 10.3. The predicted octanol–water partition coefficient (Wildman–Crippen LogP) is 2.62. The van der Waals surface area contributed by atoms with Gasteiger partial charge in [-0.15, -0.1) is 0 Å². The molecule has 0 atom stereocenters. The van der Waals surface area contributed by atoms with Gasteiger partial charge in [-0.2, -0.15) is 0 Å². The van der Waals surface area contributed by atoms with Gasteiger partial charge in [0, 0.05) is 12.1 Å². The highest BCUT2D eigenvalue weighted by atomic mass is 16.6. The highest BCUT2D eigenvalue weighted by molar-refractivity contribution is 5.95. The van der Waals surface area contributed by atoms with Crippen molar-refractivity contribution in [2.75, 3.05) is 11.1 Å². The zero-order valence-electron chi connectivity index (χ0n) is 10.2. The van der Waals surface area contributed by atoms with Crippen LogP contribution in [0.5, 0.6) is 0 Å². The number of rotatable bonds is 4. The van der Waals surface area contributed by atoms with Gasteiger partial charge in [0.1, 0.15) is 0 Å². The van der Waals surface area contributed by atoms with E-state index >= 15 is 0 Å². The van der Waals surface area contributed by atoms with Crippen LogP contribution >= 0.6 is 0 Å². The fourth-order valence-electron chi connectivity index (χ4n) is 1.70. The number of anilines is 3. The Labute approximate surface area is 113 Å². The zero-order chi connectivity index (χ0) is 14.7. The van der Waals surface area contributed by atoms with Crippen LogP contribution in [0, 0.1) is 10.1 Å². The second kappa shape index (κ2) is 5.27. The first-order valence-electron chi connectivity index (χ1n) is 5.62. The van der Waals surface area contributed by atoms with Gasteiger partial charge >= 0.3 is 5.97 Å². The number of para-hydroxylation sites is 1. The number of carboxylic acids is 1. The Balaban J connectivity index is 2.36. The van der Waals surface area contributed by atoms with Crippen molar-refractivity contribution >= 4 is 28.7 Å². The number of nitrogens with two attached hydrogens (primary N) is 1. The zero-order valence-corrected chi connectivity index (χ0v) is 10.2. The van der Waals surface area contributed by atoms with Gasteiger partial charge in [-0.1, -0.05) is 12.1 Å². The number of nitro groups is 1. The van der Waals surface area contributed by atoms with E-state index in [9.17, 15) is 14.9 Å². The smallest absolute Gasteiger partial charge is 0.337 e. The minimum absolute atomic E-state index is 0.0882. The molecule has 7 nitrogen and oxygen atoms in total. The van der Waals surface area contributed by atoms with Crippen LogP contribution in [0.2, 0.25) is 0 Å². The van der Waals surface area contributed by atoms with Crippen molar-refractivity contribution in [3.8, 4) is 0 Å². The van der Waals surface area contributed by atoms with Gasteiger partial charge in [0.05, 0.1) is 27.5 Å². The van der Waals surface area contributed by atoms with Crippen molar-refractivity contribution < 1.29 is 14.8 Å². The summed E-state index contributed by atoms with van der Waals surface area (Å²) in [4.78, 5) is 21.1. The second-order valence-corrected chi connectivity index (χ2v) is 4.00. The molecule has 0 aliphatic heterocycles. The second-order valence-electron chi connectivity index (χ2n) is 4.00. The third-order valence-electron chi connectivity index (χ3n) is 2.67. The molecule has 4 N–H and O–H groups in total. The molecule has 0 fully saturated rings. The van der Waals surface area contributed by atoms with Crippen LogP contribution in [0.25, 0.3) is 0 Å². The molecule has 2 rings (SSSR count). The molecule has 0 amide bonds. The van der Waals surface area contributed by atoms with Crippen molar-refractivity contribution in [1.82, 2.24) is 0 Å². The number of benzene rings is 2. The van der Waals surface area contributed by atoms with E-state index < -0.39 is 10.9 Å². The van der Waals surface area contributed by atoms with Gasteiger partial charge in [0.15, 0.2) is 0 Å². The van der Waals surface area contributed by atoms with E-state index in [1.54, 1.807) is 18.2 Å². The maximum atomic E-state index is 11.1. The molecule has 0 saturated carbocycles. The topological polar surface area (TPSA) is 118 Å². The van der Waals surface area contributed by atoms with E-state index in [-0.39, 0.29) is 16.9 Å². The number of nitrogen functional groups attached to an aromatic ring is 1. The number of nitrogens with zero attached hydrogens (tertiary/aromatic N) is 1. The van der Waals surface area contributed by atoms with Crippen LogP contribution in [0.15, 0.2) is 42.5 Å². The van der Waals surface area contributed by atoms with Gasteiger partial charge in [0.25, 0.3) is 5.69 Å². The van der Waals surface area contributed by atoms with Gasteiger partial charge in [-0.25, -0.2) is 4.79 Å². The number of nitro benzene ring substituents is 1. The van der Waals surface area contributed by atoms with E-state index in [4.69, 9.17) is 10.8 Å². The molecule has 2 aromatic carbocycles. The molecule has 20 heavy (non-hydrogen) atoms. The molecule has 0 aliphatic carbocycles. The molecule has 0 unspecified atom stereocenters. The first-order valence-corrected chi connectivity index (χ1v) is 5.62. The summed E-state index contributed by atoms with van der Waals surface area (Å²) in [5.41, 5.74) is 6.62. The van der Waals surface area contributed by atoms with E-state index in [1.807, 2.05) is 0 Å². The standard InChI is InChI=1S/C13H11N3O4/c14-10-7-8(16(19)20)5-6-12(10)15-11-4-2-1-3-9(11)13(17)18/h1-7,15H,14H2,(H,17,18). The Morgan fingerprint density at radius 3 is 2.50 bits per heavy atom. The number of carbonyl (C=O) groups is 1. The third-order valence-corrected chi connectivity index (χ3v) is 2.67. The van der Waals surface area contributed by atoms with E-state index in [2.05, 4.69) is 5.32 Å². The van der Waals surface area contributed by atoms with Crippen molar-refractivity contribution in [2.24, 2.45) is 0 Å². The van der Waals surface area contributed by atoms with Gasteiger partial charge in [-0.3, -0.25) is 10.1 Å². The van der Waals surface area contributed by atoms with Crippen molar-refractivity contribution in [2.45, 2.75) is 0 Å². The van der Waals surface area contributed by atoms with Crippen LogP contribution in [0.3, 0.4) is 0 Å². The lowest BCUT2D eigenvalue weighted by atomic mass is 10.1. The summed E-state index contributed by atoms with van der Waals surface area (Å²) < 4.78 is 0. The molecule has 0 aliphatic rings. The molecule has 2 aromatic rings. The summed E-state index contributed by atoms with van der Waals surface area (Å²) in [5.74, 6) is -1.08. The van der Waals surface area contributed by atoms with Crippen molar-refractivity contribution in [3.63, 3.8) is 0 Å². The minimum Gasteiger partial charge on any atom is -0.478 e. The lowest BCUT2D eigenvalue weighted by Crippen LogP contribution is -2.04. The average molecular weight is 273 g/mol. The lowest BCUT2D eigenvalue weighted by Gasteiger charge is -2.11. The molecule has 7 heteroatoms. The van der Waals surface area contributed by atoms with Crippen LogP contribution in [-0.4, -0.2) is 16.0 Å². The normalized spacial score (nSPS) is 10.0. The molecule has 102 valence electrons. The molecule has 0 aromatic heterocycles. The molecule has 0 spiro atoms. The van der Waals surface area contributed by atoms with E-state index in [0.717, 1.165) is 0 Å². The first kappa shape index (κ1) is 13.3.